The minimum Gasteiger partial charge on any atom is -0.393 e. The summed E-state index contributed by atoms with van der Waals surface area (Å²) in [6.07, 6.45) is 1.19. The average molecular weight is 771 g/mol. The van der Waals surface area contributed by atoms with Gasteiger partial charge in [0.05, 0.1) is 36.6 Å². The second-order valence-electron chi connectivity index (χ2n) is 15.2. The van der Waals surface area contributed by atoms with E-state index in [2.05, 4.69) is 6.92 Å². The number of carbonyl (C=O) groups excluding carboxylic acids is 7. The smallest absolute Gasteiger partial charge is 0.135 e. The van der Waals surface area contributed by atoms with Gasteiger partial charge in [-0.25, -0.2) is 0 Å². The van der Waals surface area contributed by atoms with Crippen molar-refractivity contribution < 1.29 is 64.2 Å². The van der Waals surface area contributed by atoms with Crippen molar-refractivity contribution in [2.45, 2.75) is 217 Å². The highest BCUT2D eigenvalue weighted by Crippen LogP contribution is 2.16. The summed E-state index contributed by atoms with van der Waals surface area (Å²) in [5.74, 6) is -1.37. The molecule has 6 N–H and O–H groups in total. The molecule has 0 saturated heterocycles. The summed E-state index contributed by atoms with van der Waals surface area (Å²) in [5, 5.41) is 60.6. The van der Waals surface area contributed by atoms with Gasteiger partial charge < -0.3 is 35.4 Å². The molecule has 0 spiro atoms. The van der Waals surface area contributed by atoms with Crippen LogP contribution in [0.1, 0.15) is 181 Å². The minimum absolute atomic E-state index is 0.00982. The van der Waals surface area contributed by atoms with E-state index in [0.29, 0.717) is 44.9 Å². The number of unbranched alkanes of at least 4 members (excludes halogenated alkanes) is 4. The molecule has 0 radical (unpaired) electrons. The van der Waals surface area contributed by atoms with E-state index < -0.39 is 36.6 Å². The van der Waals surface area contributed by atoms with Crippen molar-refractivity contribution >= 4 is 40.5 Å². The highest BCUT2D eigenvalue weighted by atomic mass is 16.3. The molecule has 0 aromatic rings. The zero-order valence-electron chi connectivity index (χ0n) is 32.9. The molecule has 13 heteroatoms. The molecule has 0 amide bonds. The Hall–Kier alpha value is -2.55. The lowest BCUT2D eigenvalue weighted by molar-refractivity contribution is -0.126. The molecule has 13 nitrogen and oxygen atoms in total. The summed E-state index contributed by atoms with van der Waals surface area (Å²) in [5.41, 5.74) is 0. The largest absolute Gasteiger partial charge is 0.393 e. The van der Waals surface area contributed by atoms with E-state index in [1.165, 1.54) is 6.92 Å². The molecule has 0 aliphatic carbocycles. The van der Waals surface area contributed by atoms with Crippen molar-refractivity contribution in [3.8, 4) is 0 Å². The first kappa shape index (κ1) is 51.5. The zero-order chi connectivity index (χ0) is 40.9. The quantitative estimate of drug-likeness (QED) is 0.0480. The Morgan fingerprint density at radius 3 is 0.981 bits per heavy atom. The molecule has 0 bridgehead atoms. The van der Waals surface area contributed by atoms with Crippen molar-refractivity contribution in [3.05, 3.63) is 0 Å². The molecule has 0 fully saturated rings. The van der Waals surface area contributed by atoms with Crippen molar-refractivity contribution in [1.29, 1.82) is 0 Å². The summed E-state index contributed by atoms with van der Waals surface area (Å²) in [6, 6.07) is 0. The number of hydrogen-bond acceptors (Lipinski definition) is 13. The van der Waals surface area contributed by atoms with Crippen LogP contribution in [0.5, 0.6) is 0 Å². The Bertz CT molecular complexity index is 1120. The Kier molecular flexibility index (Phi) is 30.1. The van der Waals surface area contributed by atoms with Gasteiger partial charge in [-0.3, -0.25) is 28.8 Å². The molecule has 0 unspecified atom stereocenters. The summed E-state index contributed by atoms with van der Waals surface area (Å²) in [7, 11) is 0. The number of ketones is 7. The Labute approximate surface area is 321 Å². The molecule has 0 aromatic carbocycles. The molecule has 0 heterocycles. The minimum atomic E-state index is -1.10. The van der Waals surface area contributed by atoms with Gasteiger partial charge in [-0.05, 0) is 58.3 Å². The van der Waals surface area contributed by atoms with Gasteiger partial charge in [0.15, 0.2) is 0 Å². The third kappa shape index (κ3) is 31.8. The molecular formula is C41H70O13. The lowest BCUT2D eigenvalue weighted by Gasteiger charge is -2.15. The van der Waals surface area contributed by atoms with E-state index in [0.717, 1.165) is 19.3 Å². The fourth-order valence-corrected chi connectivity index (χ4v) is 6.37. The van der Waals surface area contributed by atoms with Crippen LogP contribution in [0.3, 0.4) is 0 Å². The van der Waals surface area contributed by atoms with Crippen LogP contribution < -0.4 is 0 Å². The van der Waals surface area contributed by atoms with Crippen LogP contribution in [0.4, 0.5) is 0 Å². The van der Waals surface area contributed by atoms with Gasteiger partial charge in [0.25, 0.3) is 0 Å². The van der Waals surface area contributed by atoms with Gasteiger partial charge in [0.2, 0.25) is 0 Å². The van der Waals surface area contributed by atoms with E-state index in [9.17, 15) is 64.2 Å². The highest BCUT2D eigenvalue weighted by Gasteiger charge is 2.20. The number of rotatable bonds is 38. The van der Waals surface area contributed by atoms with Gasteiger partial charge >= 0.3 is 0 Å². The molecule has 6 atom stereocenters. The summed E-state index contributed by atoms with van der Waals surface area (Å²) in [6.45, 7) is 3.50. The van der Waals surface area contributed by atoms with Crippen LogP contribution in [0.15, 0.2) is 0 Å². The number of Topliss-reactive ketones (excluding diaryl/α,β-unsaturated/α-hetero) is 7. The first-order valence-corrected chi connectivity index (χ1v) is 20.2. The number of aliphatic hydroxyl groups is 6. The van der Waals surface area contributed by atoms with Gasteiger partial charge in [0, 0.05) is 83.5 Å². The van der Waals surface area contributed by atoms with Crippen molar-refractivity contribution in [2.24, 2.45) is 0 Å². The lowest BCUT2D eigenvalue weighted by atomic mass is 9.97. The average Bonchev–Trinajstić information content (AvgIpc) is 3.03. The van der Waals surface area contributed by atoms with Crippen LogP contribution >= 0.6 is 0 Å². The van der Waals surface area contributed by atoms with Crippen LogP contribution in [0.2, 0.25) is 0 Å². The van der Waals surface area contributed by atoms with Crippen molar-refractivity contribution in [1.82, 2.24) is 0 Å². The lowest BCUT2D eigenvalue weighted by Crippen LogP contribution is -2.21. The number of aliphatic hydroxyl groups excluding tert-OH is 6. The summed E-state index contributed by atoms with van der Waals surface area (Å²) >= 11 is 0. The standard InChI is InChI=1S/C41H70O13/c1-3-4-6-13-30(43)21-38(51)25-34(47)17-10-18-35(48)26-39(52)22-31(44)14-7-5-8-15-32(45)23-40(53)27-36(49)19-11-20-37(50)28-41(54)24-33(46)16-9-12-29(2)42/h30,32,38-41,43,45,51-54H,3-28H2,1-2H3/t30-,32-,38-,39+,40-,41+/m0/s1. The van der Waals surface area contributed by atoms with E-state index in [1.807, 2.05) is 0 Å². The van der Waals surface area contributed by atoms with E-state index in [4.69, 9.17) is 0 Å². The van der Waals surface area contributed by atoms with E-state index in [-0.39, 0.29) is 143 Å². The first-order chi connectivity index (χ1) is 25.5. The number of hydrogen-bond donors (Lipinski definition) is 6. The van der Waals surface area contributed by atoms with Crippen LogP contribution in [-0.4, -0.2) is 108 Å². The van der Waals surface area contributed by atoms with Crippen LogP contribution in [0, 0.1) is 0 Å². The van der Waals surface area contributed by atoms with Gasteiger partial charge in [-0.1, -0.05) is 39.0 Å². The van der Waals surface area contributed by atoms with E-state index in [1.54, 1.807) is 0 Å². The topological polar surface area (TPSA) is 241 Å². The predicted octanol–water partition coefficient (Wildman–Crippen LogP) is 4.32. The maximum Gasteiger partial charge on any atom is 0.135 e. The molecular weight excluding hydrogens is 700 g/mol. The molecule has 0 aromatic heterocycles. The Balaban J connectivity index is 4.00. The zero-order valence-corrected chi connectivity index (χ0v) is 32.9. The normalized spacial score (nSPS) is 14.8. The maximum atomic E-state index is 12.3. The second-order valence-corrected chi connectivity index (χ2v) is 15.2. The maximum absolute atomic E-state index is 12.3. The Morgan fingerprint density at radius 1 is 0.352 bits per heavy atom. The van der Waals surface area contributed by atoms with Crippen LogP contribution in [0.25, 0.3) is 0 Å². The summed E-state index contributed by atoms with van der Waals surface area (Å²) < 4.78 is 0. The third-order valence-corrected chi connectivity index (χ3v) is 9.31. The second kappa shape index (κ2) is 31.6. The van der Waals surface area contributed by atoms with Gasteiger partial charge in [0.1, 0.15) is 40.5 Å². The fraction of sp³-hybridized carbons (Fsp3) is 0.829. The van der Waals surface area contributed by atoms with Crippen molar-refractivity contribution in [2.75, 3.05) is 0 Å². The molecule has 0 saturated carbocycles. The molecule has 0 rings (SSSR count). The molecule has 0 aliphatic heterocycles. The van der Waals surface area contributed by atoms with Crippen molar-refractivity contribution in [3.63, 3.8) is 0 Å². The van der Waals surface area contributed by atoms with E-state index >= 15 is 0 Å². The predicted molar refractivity (Wildman–Crippen MR) is 202 cm³/mol. The highest BCUT2D eigenvalue weighted by molar-refractivity contribution is 5.84. The Morgan fingerprint density at radius 2 is 0.648 bits per heavy atom. The molecule has 312 valence electrons. The molecule has 54 heavy (non-hydrogen) atoms. The van der Waals surface area contributed by atoms with Gasteiger partial charge in [-0.2, -0.15) is 0 Å². The molecule has 0 aliphatic rings. The number of carbonyl (C=O) groups is 7. The fourth-order valence-electron chi connectivity index (χ4n) is 6.37. The van der Waals surface area contributed by atoms with Crippen LogP contribution in [-0.2, 0) is 33.6 Å². The third-order valence-electron chi connectivity index (χ3n) is 9.31. The van der Waals surface area contributed by atoms with Gasteiger partial charge in [-0.15, -0.1) is 0 Å². The first-order valence-electron chi connectivity index (χ1n) is 20.2. The summed E-state index contributed by atoms with van der Waals surface area (Å²) in [4.78, 5) is 83.7. The monoisotopic (exact) mass is 770 g/mol. The SMILES string of the molecule is CCCCC[C@H](O)C[C@H](O)CC(=O)CCCC(=O)C[C@H](O)CC(=O)CCCCC[C@H](O)C[C@H](O)CC(=O)CCCC(=O)C[C@H](O)CC(=O)CCCC(C)=O.